The highest BCUT2D eigenvalue weighted by molar-refractivity contribution is 7.92. The average molecular weight is 367 g/mol. The second-order valence-electron chi connectivity index (χ2n) is 5.60. The summed E-state index contributed by atoms with van der Waals surface area (Å²) >= 11 is 5.92. The molecule has 0 aliphatic carbocycles. The zero-order valence-corrected chi connectivity index (χ0v) is 15.3. The van der Waals surface area contributed by atoms with E-state index in [2.05, 4.69) is 5.32 Å². The molecule has 24 heavy (non-hydrogen) atoms. The molecule has 0 radical (unpaired) electrons. The predicted octanol–water partition coefficient (Wildman–Crippen LogP) is 3.36. The molecule has 0 unspecified atom stereocenters. The number of anilines is 2. The molecular weight excluding hydrogens is 348 g/mol. The van der Waals surface area contributed by atoms with Gasteiger partial charge in [-0.1, -0.05) is 23.7 Å². The van der Waals surface area contributed by atoms with Crippen LogP contribution in [0, 0.1) is 13.8 Å². The molecular formula is C17H19ClN2O3S. The minimum atomic E-state index is -3.62. The number of nitrogens with one attached hydrogen (secondary N) is 1. The molecule has 2 aromatic rings. The van der Waals surface area contributed by atoms with E-state index in [1.807, 2.05) is 26.0 Å². The van der Waals surface area contributed by atoms with Crippen molar-refractivity contribution in [3.8, 4) is 0 Å². The van der Waals surface area contributed by atoms with Gasteiger partial charge in [-0.15, -0.1) is 0 Å². The van der Waals surface area contributed by atoms with Gasteiger partial charge in [-0.05, 0) is 55.3 Å². The number of carbonyl (C=O) groups excluding carboxylic acids is 1. The minimum absolute atomic E-state index is 0.327. The van der Waals surface area contributed by atoms with Gasteiger partial charge < -0.3 is 5.32 Å². The average Bonchev–Trinajstić information content (AvgIpc) is 2.47. The Hall–Kier alpha value is -2.05. The molecule has 128 valence electrons. The number of hydrogen-bond donors (Lipinski definition) is 1. The Bertz CT molecular complexity index is 866. The molecule has 0 aliphatic rings. The number of amides is 1. The van der Waals surface area contributed by atoms with Crippen LogP contribution in [0.15, 0.2) is 42.5 Å². The van der Waals surface area contributed by atoms with Gasteiger partial charge in [-0.25, -0.2) is 8.42 Å². The summed E-state index contributed by atoms with van der Waals surface area (Å²) in [6.07, 6.45) is 1.05. The van der Waals surface area contributed by atoms with Crippen LogP contribution in [0.1, 0.15) is 11.1 Å². The maximum Gasteiger partial charge on any atom is 0.245 e. The second-order valence-corrected chi connectivity index (χ2v) is 7.94. The summed E-state index contributed by atoms with van der Waals surface area (Å²) in [5.74, 6) is -0.427. The Morgan fingerprint density at radius 3 is 2.42 bits per heavy atom. The molecule has 0 aromatic heterocycles. The molecule has 7 heteroatoms. The molecule has 2 aromatic carbocycles. The number of aryl methyl sites for hydroxylation is 2. The van der Waals surface area contributed by atoms with Crippen molar-refractivity contribution < 1.29 is 13.2 Å². The molecule has 1 N–H and O–H groups in total. The van der Waals surface area contributed by atoms with Gasteiger partial charge in [0.1, 0.15) is 6.54 Å². The van der Waals surface area contributed by atoms with Crippen LogP contribution in [0.4, 0.5) is 11.4 Å². The fourth-order valence-electron chi connectivity index (χ4n) is 2.18. The first-order chi connectivity index (χ1) is 11.2. The lowest BCUT2D eigenvalue weighted by molar-refractivity contribution is -0.114. The van der Waals surface area contributed by atoms with E-state index in [1.54, 1.807) is 24.3 Å². The molecule has 0 saturated carbocycles. The first kappa shape index (κ1) is 18.3. The van der Waals surface area contributed by atoms with Crippen LogP contribution in [0.2, 0.25) is 5.02 Å². The second kappa shape index (κ2) is 7.23. The van der Waals surface area contributed by atoms with Crippen molar-refractivity contribution in [1.82, 2.24) is 0 Å². The van der Waals surface area contributed by atoms with Crippen molar-refractivity contribution in [2.24, 2.45) is 0 Å². The summed E-state index contributed by atoms with van der Waals surface area (Å²) in [6.45, 7) is 3.59. The zero-order valence-electron chi connectivity index (χ0n) is 13.7. The number of sulfonamides is 1. The monoisotopic (exact) mass is 366 g/mol. The van der Waals surface area contributed by atoms with Crippen molar-refractivity contribution in [2.75, 3.05) is 22.4 Å². The molecule has 0 aliphatic heterocycles. The Kier molecular flexibility index (Phi) is 5.51. The lowest BCUT2D eigenvalue weighted by Gasteiger charge is -2.22. The lowest BCUT2D eigenvalue weighted by Crippen LogP contribution is -2.37. The summed E-state index contributed by atoms with van der Waals surface area (Å²) in [7, 11) is -3.62. The number of halogens is 1. The Morgan fingerprint density at radius 1 is 1.12 bits per heavy atom. The van der Waals surface area contributed by atoms with E-state index in [0.29, 0.717) is 16.4 Å². The molecule has 0 bridgehead atoms. The normalized spacial score (nSPS) is 11.2. The van der Waals surface area contributed by atoms with E-state index < -0.39 is 15.9 Å². The zero-order chi connectivity index (χ0) is 17.9. The van der Waals surface area contributed by atoms with E-state index in [0.717, 1.165) is 21.7 Å². The molecule has 0 spiro atoms. The molecule has 0 saturated heterocycles. The predicted molar refractivity (Wildman–Crippen MR) is 98.2 cm³/mol. The van der Waals surface area contributed by atoms with E-state index in [1.165, 1.54) is 6.07 Å². The third-order valence-corrected chi connectivity index (χ3v) is 4.95. The van der Waals surface area contributed by atoms with Crippen molar-refractivity contribution in [1.29, 1.82) is 0 Å². The maximum absolute atomic E-state index is 12.3. The first-order valence-electron chi connectivity index (χ1n) is 7.27. The van der Waals surface area contributed by atoms with Crippen LogP contribution in [0.3, 0.4) is 0 Å². The highest BCUT2D eigenvalue weighted by Gasteiger charge is 2.21. The number of benzene rings is 2. The van der Waals surface area contributed by atoms with Gasteiger partial charge in [-0.3, -0.25) is 9.10 Å². The third-order valence-electron chi connectivity index (χ3n) is 3.57. The Morgan fingerprint density at radius 2 is 1.83 bits per heavy atom. The van der Waals surface area contributed by atoms with Crippen LogP contribution in [-0.2, 0) is 14.8 Å². The van der Waals surface area contributed by atoms with E-state index in [9.17, 15) is 13.2 Å². The highest BCUT2D eigenvalue weighted by Crippen LogP contribution is 2.22. The van der Waals surface area contributed by atoms with Crippen molar-refractivity contribution in [3.63, 3.8) is 0 Å². The van der Waals surface area contributed by atoms with Gasteiger partial charge in [0.2, 0.25) is 15.9 Å². The van der Waals surface area contributed by atoms with Crippen molar-refractivity contribution in [3.05, 3.63) is 58.6 Å². The summed E-state index contributed by atoms with van der Waals surface area (Å²) in [6, 6.07) is 11.9. The smallest absolute Gasteiger partial charge is 0.245 e. The maximum atomic E-state index is 12.3. The molecule has 1 amide bonds. The topological polar surface area (TPSA) is 66.5 Å². The molecule has 0 heterocycles. The third kappa shape index (κ3) is 4.72. The number of rotatable bonds is 5. The number of nitrogens with zero attached hydrogens (tertiary/aromatic N) is 1. The van der Waals surface area contributed by atoms with Crippen LogP contribution < -0.4 is 9.62 Å². The van der Waals surface area contributed by atoms with Crippen LogP contribution >= 0.6 is 11.6 Å². The van der Waals surface area contributed by atoms with E-state index in [-0.39, 0.29) is 6.54 Å². The summed E-state index contributed by atoms with van der Waals surface area (Å²) in [5.41, 5.74) is 3.13. The molecule has 5 nitrogen and oxygen atoms in total. The standard InChI is InChI=1S/C17H19ClN2O3S/c1-12-7-8-15(9-13(12)2)19-17(21)11-20(24(3,22)23)16-6-4-5-14(18)10-16/h4-10H,11H2,1-3H3,(H,19,21). The number of carbonyl (C=O) groups is 1. The van der Waals surface area contributed by atoms with Crippen molar-refractivity contribution in [2.45, 2.75) is 13.8 Å². The minimum Gasteiger partial charge on any atom is -0.325 e. The van der Waals surface area contributed by atoms with Gasteiger partial charge in [-0.2, -0.15) is 0 Å². The van der Waals surface area contributed by atoms with E-state index in [4.69, 9.17) is 11.6 Å². The number of hydrogen-bond acceptors (Lipinski definition) is 3. The fraction of sp³-hybridized carbons (Fsp3) is 0.235. The van der Waals surface area contributed by atoms with Crippen molar-refractivity contribution >= 4 is 38.9 Å². The largest absolute Gasteiger partial charge is 0.325 e. The van der Waals surface area contributed by atoms with E-state index >= 15 is 0 Å². The quantitative estimate of drug-likeness (QED) is 0.882. The Labute approximate surface area is 147 Å². The fourth-order valence-corrected chi connectivity index (χ4v) is 3.21. The van der Waals surface area contributed by atoms with Gasteiger partial charge in [0, 0.05) is 10.7 Å². The molecule has 0 fully saturated rings. The van der Waals surface area contributed by atoms with Crippen LogP contribution in [-0.4, -0.2) is 27.1 Å². The highest BCUT2D eigenvalue weighted by atomic mass is 35.5. The molecule has 0 atom stereocenters. The summed E-state index contributed by atoms with van der Waals surface area (Å²) in [5, 5.41) is 3.12. The molecule has 2 rings (SSSR count). The SMILES string of the molecule is Cc1ccc(NC(=O)CN(c2cccc(Cl)c2)S(C)(=O)=O)cc1C. The Balaban J connectivity index is 2.20. The van der Waals surface area contributed by atoms with Crippen LogP contribution in [0.5, 0.6) is 0 Å². The first-order valence-corrected chi connectivity index (χ1v) is 9.50. The van der Waals surface area contributed by atoms with Gasteiger partial charge >= 0.3 is 0 Å². The summed E-state index contributed by atoms with van der Waals surface area (Å²) < 4.78 is 25.1. The lowest BCUT2D eigenvalue weighted by atomic mass is 10.1. The van der Waals surface area contributed by atoms with Gasteiger partial charge in [0.25, 0.3) is 0 Å². The van der Waals surface area contributed by atoms with Crippen LogP contribution in [0.25, 0.3) is 0 Å². The van der Waals surface area contributed by atoms with Gasteiger partial charge in [0.15, 0.2) is 0 Å². The van der Waals surface area contributed by atoms with Gasteiger partial charge in [0.05, 0.1) is 11.9 Å². The summed E-state index contributed by atoms with van der Waals surface area (Å²) in [4.78, 5) is 12.3.